The average Bonchev–Trinajstić information content (AvgIpc) is 2.17. The van der Waals surface area contributed by atoms with Crippen LogP contribution in [0.4, 0.5) is 5.69 Å². The molecule has 1 aromatic carbocycles. The molecule has 0 aliphatic rings. The Hall–Kier alpha value is -0.440. The zero-order valence-corrected chi connectivity index (χ0v) is 11.3. The van der Waals surface area contributed by atoms with Gasteiger partial charge in [-0.3, -0.25) is 0 Å². The van der Waals surface area contributed by atoms with E-state index in [1.165, 1.54) is 0 Å². The van der Waals surface area contributed by atoms with Gasteiger partial charge in [0.05, 0.1) is 23.4 Å². The van der Waals surface area contributed by atoms with E-state index in [1.807, 2.05) is 18.0 Å². The van der Waals surface area contributed by atoms with Gasteiger partial charge in [-0.15, -0.1) is 0 Å². The number of anilines is 1. The molecule has 0 spiro atoms. The summed E-state index contributed by atoms with van der Waals surface area (Å²) in [5.41, 5.74) is 0.888. The molecule has 0 bridgehead atoms. The predicted octanol–water partition coefficient (Wildman–Crippen LogP) is 3.45. The third-order valence-corrected chi connectivity index (χ3v) is 3.28. The summed E-state index contributed by atoms with van der Waals surface area (Å²) in [6.07, 6.45) is 0. The molecular formula is C12H17Cl2NO. The van der Waals surface area contributed by atoms with Gasteiger partial charge in [-0.2, -0.15) is 0 Å². The Morgan fingerprint density at radius 2 is 1.94 bits per heavy atom. The molecule has 1 N–H and O–H groups in total. The highest BCUT2D eigenvalue weighted by molar-refractivity contribution is 6.36. The maximum absolute atomic E-state index is 9.36. The highest BCUT2D eigenvalue weighted by Gasteiger charge is 2.19. The number of likely N-dealkylation sites (N-methyl/N-ethyl adjacent to an activating group) is 1. The molecule has 0 radical (unpaired) electrons. The zero-order valence-electron chi connectivity index (χ0n) is 9.74. The second kappa shape index (κ2) is 5.76. The van der Waals surface area contributed by atoms with Crippen molar-refractivity contribution in [3.8, 4) is 0 Å². The number of aliphatic hydroxyl groups excluding tert-OH is 1. The molecule has 0 aromatic heterocycles. The SMILES string of the molecule is CC(C)C(CO)N(C)c1ccc(Cl)cc1Cl. The molecule has 90 valence electrons. The van der Waals surface area contributed by atoms with Crippen molar-refractivity contribution >= 4 is 28.9 Å². The van der Waals surface area contributed by atoms with Gasteiger partial charge in [0.15, 0.2) is 0 Å². The van der Waals surface area contributed by atoms with Crippen LogP contribution in [0.15, 0.2) is 18.2 Å². The molecule has 1 aromatic rings. The molecule has 0 saturated heterocycles. The van der Waals surface area contributed by atoms with E-state index in [0.717, 1.165) is 5.69 Å². The summed E-state index contributed by atoms with van der Waals surface area (Å²) in [5, 5.41) is 10.6. The van der Waals surface area contributed by atoms with Crippen LogP contribution in [0.25, 0.3) is 0 Å². The first-order valence-corrected chi connectivity index (χ1v) is 6.01. The minimum Gasteiger partial charge on any atom is -0.394 e. The fraction of sp³-hybridized carbons (Fsp3) is 0.500. The second-order valence-corrected chi connectivity index (χ2v) is 5.04. The van der Waals surface area contributed by atoms with Crippen LogP contribution in [0.1, 0.15) is 13.8 Å². The first-order chi connectivity index (χ1) is 7.47. The average molecular weight is 262 g/mol. The summed E-state index contributed by atoms with van der Waals surface area (Å²) in [7, 11) is 1.93. The molecule has 0 aliphatic carbocycles. The molecule has 0 fully saturated rings. The summed E-state index contributed by atoms with van der Waals surface area (Å²) < 4.78 is 0. The van der Waals surface area contributed by atoms with E-state index >= 15 is 0 Å². The van der Waals surface area contributed by atoms with E-state index in [-0.39, 0.29) is 12.6 Å². The zero-order chi connectivity index (χ0) is 12.3. The highest BCUT2D eigenvalue weighted by atomic mass is 35.5. The molecule has 2 nitrogen and oxygen atoms in total. The van der Waals surface area contributed by atoms with Crippen LogP contribution in [-0.2, 0) is 0 Å². The molecule has 1 atom stereocenters. The lowest BCUT2D eigenvalue weighted by molar-refractivity contribution is 0.234. The highest BCUT2D eigenvalue weighted by Crippen LogP contribution is 2.30. The van der Waals surface area contributed by atoms with Crippen LogP contribution in [0.5, 0.6) is 0 Å². The first kappa shape index (κ1) is 13.6. The van der Waals surface area contributed by atoms with E-state index in [9.17, 15) is 5.11 Å². The molecule has 0 saturated carbocycles. The maximum Gasteiger partial charge on any atom is 0.0654 e. The van der Waals surface area contributed by atoms with Gasteiger partial charge in [-0.05, 0) is 24.1 Å². The molecule has 1 rings (SSSR count). The number of hydrogen-bond acceptors (Lipinski definition) is 2. The van der Waals surface area contributed by atoms with Crippen molar-refractivity contribution in [3.63, 3.8) is 0 Å². The van der Waals surface area contributed by atoms with Crippen LogP contribution < -0.4 is 4.90 Å². The molecule has 16 heavy (non-hydrogen) atoms. The van der Waals surface area contributed by atoms with Gasteiger partial charge in [-0.1, -0.05) is 37.0 Å². The monoisotopic (exact) mass is 261 g/mol. The fourth-order valence-corrected chi connectivity index (χ4v) is 2.27. The second-order valence-electron chi connectivity index (χ2n) is 4.20. The van der Waals surface area contributed by atoms with Gasteiger partial charge in [0.1, 0.15) is 0 Å². The maximum atomic E-state index is 9.36. The molecule has 0 amide bonds. The van der Waals surface area contributed by atoms with Gasteiger partial charge in [-0.25, -0.2) is 0 Å². The number of benzene rings is 1. The third-order valence-electron chi connectivity index (χ3n) is 2.74. The Morgan fingerprint density at radius 1 is 1.31 bits per heavy atom. The summed E-state index contributed by atoms with van der Waals surface area (Å²) in [6, 6.07) is 5.44. The smallest absolute Gasteiger partial charge is 0.0654 e. The number of rotatable bonds is 4. The summed E-state index contributed by atoms with van der Waals surface area (Å²) in [4.78, 5) is 1.99. The van der Waals surface area contributed by atoms with Crippen molar-refractivity contribution in [1.82, 2.24) is 0 Å². The Bertz CT molecular complexity index is 355. The van der Waals surface area contributed by atoms with Crippen LogP contribution in [0.2, 0.25) is 10.0 Å². The van der Waals surface area contributed by atoms with Crippen LogP contribution in [-0.4, -0.2) is 24.8 Å². The molecule has 0 heterocycles. The Labute approximate surface area is 107 Å². The van der Waals surface area contributed by atoms with Crippen molar-refractivity contribution in [2.24, 2.45) is 5.92 Å². The molecule has 1 unspecified atom stereocenters. The summed E-state index contributed by atoms with van der Waals surface area (Å²) in [5.74, 6) is 0.349. The molecular weight excluding hydrogens is 245 g/mol. The quantitative estimate of drug-likeness (QED) is 0.898. The lowest BCUT2D eigenvalue weighted by Gasteiger charge is -2.32. The summed E-state index contributed by atoms with van der Waals surface area (Å²) >= 11 is 12.0. The third kappa shape index (κ3) is 3.03. The van der Waals surface area contributed by atoms with E-state index in [1.54, 1.807) is 12.1 Å². The fourth-order valence-electron chi connectivity index (χ4n) is 1.73. The standard InChI is InChI=1S/C12H17Cl2NO/c1-8(2)12(7-16)15(3)11-5-4-9(13)6-10(11)14/h4-6,8,12,16H,7H2,1-3H3. The molecule has 4 heteroatoms. The normalized spacial score (nSPS) is 12.9. The van der Waals surface area contributed by atoms with E-state index in [0.29, 0.717) is 16.0 Å². The van der Waals surface area contributed by atoms with Gasteiger partial charge < -0.3 is 10.0 Å². The van der Waals surface area contributed by atoms with Crippen LogP contribution in [0.3, 0.4) is 0 Å². The van der Waals surface area contributed by atoms with Crippen LogP contribution >= 0.6 is 23.2 Å². The Morgan fingerprint density at radius 3 is 2.38 bits per heavy atom. The van der Waals surface area contributed by atoms with Crippen molar-refractivity contribution in [2.45, 2.75) is 19.9 Å². The predicted molar refractivity (Wildman–Crippen MR) is 70.6 cm³/mol. The summed E-state index contributed by atoms with van der Waals surface area (Å²) in [6.45, 7) is 4.25. The number of halogens is 2. The minimum absolute atomic E-state index is 0.0543. The van der Waals surface area contributed by atoms with E-state index in [2.05, 4.69) is 13.8 Å². The van der Waals surface area contributed by atoms with Crippen LogP contribution in [0, 0.1) is 5.92 Å². The van der Waals surface area contributed by atoms with E-state index in [4.69, 9.17) is 23.2 Å². The van der Waals surface area contributed by atoms with Crippen molar-refractivity contribution in [2.75, 3.05) is 18.6 Å². The van der Waals surface area contributed by atoms with Gasteiger partial charge in [0, 0.05) is 12.1 Å². The Kier molecular flexibility index (Phi) is 4.90. The van der Waals surface area contributed by atoms with E-state index < -0.39 is 0 Å². The first-order valence-electron chi connectivity index (χ1n) is 5.26. The number of nitrogens with zero attached hydrogens (tertiary/aromatic N) is 1. The lowest BCUT2D eigenvalue weighted by atomic mass is 10.0. The lowest BCUT2D eigenvalue weighted by Crippen LogP contribution is -2.39. The topological polar surface area (TPSA) is 23.5 Å². The largest absolute Gasteiger partial charge is 0.394 e. The molecule has 0 aliphatic heterocycles. The van der Waals surface area contributed by atoms with Gasteiger partial charge >= 0.3 is 0 Å². The van der Waals surface area contributed by atoms with Gasteiger partial charge in [0.25, 0.3) is 0 Å². The van der Waals surface area contributed by atoms with Gasteiger partial charge in [0.2, 0.25) is 0 Å². The Balaban J connectivity index is 2.99. The van der Waals surface area contributed by atoms with Crippen molar-refractivity contribution in [3.05, 3.63) is 28.2 Å². The number of hydrogen-bond donors (Lipinski definition) is 1. The van der Waals surface area contributed by atoms with Crippen molar-refractivity contribution in [1.29, 1.82) is 0 Å². The number of aliphatic hydroxyl groups is 1. The minimum atomic E-state index is 0.0543. The van der Waals surface area contributed by atoms with Crippen molar-refractivity contribution < 1.29 is 5.11 Å².